The fraction of sp³-hybridized carbons (Fsp3) is 0.429. The van der Waals surface area contributed by atoms with Gasteiger partial charge in [0.05, 0.1) is 11.0 Å². The molecule has 1 aromatic carbocycles. The summed E-state index contributed by atoms with van der Waals surface area (Å²) in [4.78, 5) is 23.0. The molecule has 0 aliphatic carbocycles. The lowest BCUT2D eigenvalue weighted by atomic mass is 9.80. The minimum absolute atomic E-state index is 0.202. The van der Waals surface area contributed by atoms with Crippen molar-refractivity contribution in [3.8, 4) is 0 Å². The van der Waals surface area contributed by atoms with Crippen LogP contribution in [-0.2, 0) is 9.53 Å². The Labute approximate surface area is 127 Å². The van der Waals surface area contributed by atoms with E-state index in [1.165, 1.54) is 6.07 Å². The van der Waals surface area contributed by atoms with E-state index in [1.807, 2.05) is 0 Å². The highest BCUT2D eigenvalue weighted by Gasteiger charge is 2.40. The number of rotatable bonds is 5. The summed E-state index contributed by atoms with van der Waals surface area (Å²) in [5.41, 5.74) is 5.15. The number of carbonyl (C=O) groups excluding carboxylic acids is 1. The van der Waals surface area contributed by atoms with Gasteiger partial charge in [0.25, 0.3) is 5.91 Å². The maximum absolute atomic E-state index is 11.6. The summed E-state index contributed by atoms with van der Waals surface area (Å²) in [5, 5.41) is 12.9. The second-order valence-corrected chi connectivity index (χ2v) is 5.54. The van der Waals surface area contributed by atoms with Gasteiger partial charge < -0.3 is 20.9 Å². The molecule has 4 N–H and O–H groups in total. The fourth-order valence-corrected chi connectivity index (χ4v) is 2.54. The average Bonchev–Trinajstić information content (AvgIpc) is 2.46. The van der Waals surface area contributed by atoms with E-state index >= 15 is 0 Å². The Balaban J connectivity index is 2.18. The largest absolute Gasteiger partial charge is 0.481 e. The summed E-state index contributed by atoms with van der Waals surface area (Å²) in [7, 11) is 0. The predicted octanol–water partition coefficient (Wildman–Crippen LogP) is 1.73. The number of anilines is 1. The van der Waals surface area contributed by atoms with Crippen molar-refractivity contribution in [3.63, 3.8) is 0 Å². The standard InChI is InChI=1S/C14H17ClN2O4/c15-9-1-2-11(10(7-9)12(16)18)17-8-14(13(19)20)3-5-21-6-4-14/h1-2,7,17H,3-6,8H2,(H2,16,18)(H,19,20). The number of primary amides is 1. The Morgan fingerprint density at radius 3 is 2.62 bits per heavy atom. The van der Waals surface area contributed by atoms with Crippen LogP contribution >= 0.6 is 11.6 Å². The van der Waals surface area contributed by atoms with E-state index in [4.69, 9.17) is 22.1 Å². The Morgan fingerprint density at radius 1 is 1.38 bits per heavy atom. The first-order chi connectivity index (χ1) is 9.94. The molecule has 1 heterocycles. The molecule has 2 rings (SSSR count). The van der Waals surface area contributed by atoms with Crippen LogP contribution in [0.3, 0.4) is 0 Å². The van der Waals surface area contributed by atoms with Crippen LogP contribution in [0.15, 0.2) is 18.2 Å². The van der Waals surface area contributed by atoms with E-state index in [0.29, 0.717) is 36.8 Å². The molecule has 0 bridgehead atoms. The number of halogens is 1. The molecule has 0 radical (unpaired) electrons. The molecule has 0 saturated carbocycles. The first-order valence-electron chi connectivity index (χ1n) is 6.59. The van der Waals surface area contributed by atoms with Gasteiger partial charge in [-0.3, -0.25) is 9.59 Å². The van der Waals surface area contributed by atoms with Gasteiger partial charge in [-0.1, -0.05) is 11.6 Å². The molecule has 0 unspecified atom stereocenters. The zero-order valence-corrected chi connectivity index (χ0v) is 12.2. The number of nitrogens with two attached hydrogens (primary N) is 1. The van der Waals surface area contributed by atoms with E-state index in [9.17, 15) is 14.7 Å². The van der Waals surface area contributed by atoms with E-state index < -0.39 is 17.3 Å². The summed E-state index contributed by atoms with van der Waals surface area (Å²) in [6.07, 6.45) is 0.851. The van der Waals surface area contributed by atoms with E-state index in [1.54, 1.807) is 12.1 Å². The van der Waals surface area contributed by atoms with Crippen LogP contribution in [0, 0.1) is 5.41 Å². The molecule has 21 heavy (non-hydrogen) atoms. The molecule has 6 nitrogen and oxygen atoms in total. The highest BCUT2D eigenvalue weighted by atomic mass is 35.5. The summed E-state index contributed by atoms with van der Waals surface area (Å²) >= 11 is 5.84. The maximum Gasteiger partial charge on any atom is 0.311 e. The quantitative estimate of drug-likeness (QED) is 0.768. The Morgan fingerprint density at radius 2 is 2.05 bits per heavy atom. The zero-order chi connectivity index (χ0) is 15.5. The maximum atomic E-state index is 11.6. The van der Waals surface area contributed by atoms with Crippen molar-refractivity contribution in [1.29, 1.82) is 0 Å². The molecular formula is C14H17ClN2O4. The van der Waals surface area contributed by atoms with E-state index in [0.717, 1.165) is 0 Å². The van der Waals surface area contributed by atoms with Gasteiger partial charge in [0, 0.05) is 30.5 Å². The second kappa shape index (κ2) is 6.32. The van der Waals surface area contributed by atoms with Crippen LogP contribution in [0.25, 0.3) is 0 Å². The number of ether oxygens (including phenoxy) is 1. The molecule has 1 aliphatic rings. The molecule has 1 fully saturated rings. The number of amides is 1. The monoisotopic (exact) mass is 312 g/mol. The van der Waals surface area contributed by atoms with Crippen LogP contribution in [0.4, 0.5) is 5.69 Å². The minimum atomic E-state index is -0.896. The first kappa shape index (κ1) is 15.6. The Kier molecular flexibility index (Phi) is 4.69. The predicted molar refractivity (Wildman–Crippen MR) is 78.6 cm³/mol. The molecule has 1 aliphatic heterocycles. The van der Waals surface area contributed by atoms with Gasteiger partial charge >= 0.3 is 5.97 Å². The van der Waals surface area contributed by atoms with Crippen LogP contribution in [0.5, 0.6) is 0 Å². The number of nitrogens with one attached hydrogen (secondary N) is 1. The third-order valence-corrected chi connectivity index (χ3v) is 4.00. The van der Waals surface area contributed by atoms with Crippen molar-refractivity contribution >= 4 is 29.2 Å². The van der Waals surface area contributed by atoms with Gasteiger partial charge in [-0.15, -0.1) is 0 Å². The SMILES string of the molecule is NC(=O)c1cc(Cl)ccc1NCC1(C(=O)O)CCOCC1. The summed E-state index contributed by atoms with van der Waals surface area (Å²) in [5.74, 6) is -1.48. The summed E-state index contributed by atoms with van der Waals surface area (Å²) in [6, 6.07) is 4.70. The van der Waals surface area contributed by atoms with Crippen molar-refractivity contribution in [2.45, 2.75) is 12.8 Å². The fourth-order valence-electron chi connectivity index (χ4n) is 2.37. The molecule has 0 spiro atoms. The molecule has 0 aromatic heterocycles. The molecule has 7 heteroatoms. The zero-order valence-electron chi connectivity index (χ0n) is 11.4. The normalized spacial score (nSPS) is 17.2. The highest BCUT2D eigenvalue weighted by Crippen LogP contribution is 2.32. The molecule has 114 valence electrons. The van der Waals surface area contributed by atoms with Crippen molar-refractivity contribution < 1.29 is 19.4 Å². The van der Waals surface area contributed by atoms with Gasteiger partial charge in [0.15, 0.2) is 0 Å². The summed E-state index contributed by atoms with van der Waals surface area (Å²) < 4.78 is 5.22. The summed E-state index contributed by atoms with van der Waals surface area (Å²) in [6.45, 7) is 1.03. The number of carbonyl (C=O) groups is 2. The van der Waals surface area contributed by atoms with Crippen molar-refractivity contribution in [2.24, 2.45) is 11.1 Å². The number of carboxylic acids is 1. The van der Waals surface area contributed by atoms with Crippen molar-refractivity contribution in [3.05, 3.63) is 28.8 Å². The van der Waals surface area contributed by atoms with Crippen molar-refractivity contribution in [2.75, 3.05) is 25.1 Å². The topological polar surface area (TPSA) is 102 Å². The van der Waals surface area contributed by atoms with E-state index in [2.05, 4.69) is 5.32 Å². The number of aliphatic carboxylic acids is 1. The molecule has 1 aromatic rings. The third-order valence-electron chi connectivity index (χ3n) is 3.77. The van der Waals surface area contributed by atoms with Crippen molar-refractivity contribution in [1.82, 2.24) is 0 Å². The lowest BCUT2D eigenvalue weighted by molar-refractivity contribution is -0.153. The van der Waals surface area contributed by atoms with Crippen LogP contribution in [-0.4, -0.2) is 36.7 Å². The molecule has 1 saturated heterocycles. The lowest BCUT2D eigenvalue weighted by Crippen LogP contribution is -2.42. The first-order valence-corrected chi connectivity index (χ1v) is 6.97. The molecule has 0 atom stereocenters. The average molecular weight is 313 g/mol. The van der Waals surface area contributed by atoms with E-state index in [-0.39, 0.29) is 12.1 Å². The van der Waals surface area contributed by atoms with Gasteiger partial charge in [-0.2, -0.15) is 0 Å². The number of carboxylic acid groups (broad SMARTS) is 1. The molecule has 1 amide bonds. The number of benzene rings is 1. The highest BCUT2D eigenvalue weighted by molar-refractivity contribution is 6.31. The second-order valence-electron chi connectivity index (χ2n) is 5.11. The third kappa shape index (κ3) is 3.46. The number of hydrogen-bond donors (Lipinski definition) is 3. The lowest BCUT2D eigenvalue weighted by Gasteiger charge is -2.33. The van der Waals surface area contributed by atoms with Gasteiger partial charge in [0.1, 0.15) is 0 Å². The van der Waals surface area contributed by atoms with Crippen LogP contribution in [0.1, 0.15) is 23.2 Å². The Hall–Kier alpha value is -1.79. The van der Waals surface area contributed by atoms with Gasteiger partial charge in [-0.25, -0.2) is 0 Å². The molecular weight excluding hydrogens is 296 g/mol. The number of hydrogen-bond acceptors (Lipinski definition) is 4. The van der Waals surface area contributed by atoms with Crippen LogP contribution in [0.2, 0.25) is 5.02 Å². The van der Waals surface area contributed by atoms with Crippen LogP contribution < -0.4 is 11.1 Å². The minimum Gasteiger partial charge on any atom is -0.481 e. The van der Waals surface area contributed by atoms with Gasteiger partial charge in [-0.05, 0) is 31.0 Å². The Bertz CT molecular complexity index is 556. The smallest absolute Gasteiger partial charge is 0.311 e. The van der Waals surface area contributed by atoms with Gasteiger partial charge in [0.2, 0.25) is 0 Å².